The van der Waals surface area contributed by atoms with Crippen molar-refractivity contribution in [2.24, 2.45) is 5.41 Å². The number of H-pyrrole nitrogens is 1. The lowest BCUT2D eigenvalue weighted by Crippen LogP contribution is -2.51. The van der Waals surface area contributed by atoms with Gasteiger partial charge in [-0.05, 0) is 54.8 Å². The van der Waals surface area contributed by atoms with Crippen LogP contribution in [-0.4, -0.2) is 46.5 Å². The Hall–Kier alpha value is -2.93. The summed E-state index contributed by atoms with van der Waals surface area (Å²) in [5.74, 6) is 0.0237. The normalized spacial score (nSPS) is 15.7. The minimum Gasteiger partial charge on any atom is -0.356 e. The summed E-state index contributed by atoms with van der Waals surface area (Å²) < 4.78 is 0. The first kappa shape index (κ1) is 20.3. The Kier molecular flexibility index (Phi) is 5.99. The van der Waals surface area contributed by atoms with Gasteiger partial charge in [-0.15, -0.1) is 11.3 Å². The van der Waals surface area contributed by atoms with Crippen molar-refractivity contribution in [3.8, 4) is 10.4 Å². The Labute approximate surface area is 180 Å². The molecule has 4 rings (SSSR count). The molecule has 1 aliphatic rings. The van der Waals surface area contributed by atoms with Crippen LogP contribution in [0.15, 0.2) is 54.0 Å². The van der Waals surface area contributed by atoms with Crippen LogP contribution in [0.5, 0.6) is 0 Å². The summed E-state index contributed by atoms with van der Waals surface area (Å²) in [7, 11) is 0. The maximum Gasteiger partial charge on any atom is 0.271 e. The Morgan fingerprint density at radius 2 is 1.97 bits per heavy atom. The summed E-state index contributed by atoms with van der Waals surface area (Å²) in [6, 6.07) is 14.2. The molecule has 2 amide bonds. The SMILES string of the molecule is CCNC(=O)C1(Cc2ccccc2-c2cccs2)CCN(C(=O)c2ccn[nH]2)CC1. The second-order valence-electron chi connectivity index (χ2n) is 7.71. The van der Waals surface area contributed by atoms with Gasteiger partial charge in [0.2, 0.25) is 5.91 Å². The third kappa shape index (κ3) is 4.03. The number of aromatic nitrogens is 2. The average Bonchev–Trinajstić information content (AvgIpc) is 3.49. The molecule has 3 aromatic rings. The van der Waals surface area contributed by atoms with E-state index in [2.05, 4.69) is 45.2 Å². The van der Waals surface area contributed by atoms with Gasteiger partial charge in [0.25, 0.3) is 5.91 Å². The molecule has 0 aliphatic carbocycles. The zero-order valence-electron chi connectivity index (χ0n) is 17.1. The van der Waals surface area contributed by atoms with E-state index in [0.29, 0.717) is 44.6 Å². The number of amides is 2. The molecule has 1 aromatic carbocycles. The molecule has 0 radical (unpaired) electrons. The van der Waals surface area contributed by atoms with Crippen LogP contribution in [0.3, 0.4) is 0 Å². The number of aromatic amines is 1. The van der Waals surface area contributed by atoms with Crippen LogP contribution in [0.4, 0.5) is 0 Å². The van der Waals surface area contributed by atoms with E-state index >= 15 is 0 Å². The van der Waals surface area contributed by atoms with Gasteiger partial charge in [-0.2, -0.15) is 5.10 Å². The molecule has 1 saturated heterocycles. The van der Waals surface area contributed by atoms with Crippen LogP contribution in [0.25, 0.3) is 10.4 Å². The van der Waals surface area contributed by atoms with E-state index < -0.39 is 5.41 Å². The van der Waals surface area contributed by atoms with E-state index in [4.69, 9.17) is 0 Å². The number of thiophene rings is 1. The van der Waals surface area contributed by atoms with Gasteiger partial charge in [0.1, 0.15) is 5.69 Å². The number of benzene rings is 1. The fourth-order valence-electron chi connectivity index (χ4n) is 4.23. The van der Waals surface area contributed by atoms with Crippen LogP contribution >= 0.6 is 11.3 Å². The number of rotatable bonds is 6. The van der Waals surface area contributed by atoms with Crippen molar-refractivity contribution < 1.29 is 9.59 Å². The van der Waals surface area contributed by atoms with Crippen molar-refractivity contribution >= 4 is 23.2 Å². The number of hydrogen-bond donors (Lipinski definition) is 2. The van der Waals surface area contributed by atoms with Crippen molar-refractivity contribution in [2.45, 2.75) is 26.2 Å². The van der Waals surface area contributed by atoms with Gasteiger partial charge in [-0.1, -0.05) is 30.3 Å². The number of hydrogen-bond acceptors (Lipinski definition) is 4. The van der Waals surface area contributed by atoms with E-state index in [1.54, 1.807) is 23.6 Å². The van der Waals surface area contributed by atoms with Crippen molar-refractivity contribution in [1.29, 1.82) is 0 Å². The van der Waals surface area contributed by atoms with Gasteiger partial charge in [0.05, 0.1) is 5.41 Å². The molecule has 2 N–H and O–H groups in total. The van der Waals surface area contributed by atoms with Crippen molar-refractivity contribution in [3.63, 3.8) is 0 Å². The fraction of sp³-hybridized carbons (Fsp3) is 0.348. The molecule has 0 bridgehead atoms. The molecule has 0 saturated carbocycles. The summed E-state index contributed by atoms with van der Waals surface area (Å²) in [6.07, 6.45) is 3.52. The Morgan fingerprint density at radius 3 is 2.63 bits per heavy atom. The fourth-order valence-corrected chi connectivity index (χ4v) is 5.01. The van der Waals surface area contributed by atoms with E-state index in [-0.39, 0.29) is 11.8 Å². The second-order valence-corrected chi connectivity index (χ2v) is 8.66. The highest BCUT2D eigenvalue weighted by Crippen LogP contribution is 2.39. The first-order valence-corrected chi connectivity index (χ1v) is 11.2. The lowest BCUT2D eigenvalue weighted by atomic mass is 9.72. The van der Waals surface area contributed by atoms with Gasteiger partial charge in [-0.3, -0.25) is 14.7 Å². The maximum atomic E-state index is 13.2. The average molecular weight is 423 g/mol. The minimum absolute atomic E-state index is 0.0593. The molecule has 3 heterocycles. The Bertz CT molecular complexity index is 990. The van der Waals surface area contributed by atoms with E-state index in [1.807, 2.05) is 24.0 Å². The third-order valence-electron chi connectivity index (χ3n) is 5.89. The third-order valence-corrected chi connectivity index (χ3v) is 6.79. The van der Waals surface area contributed by atoms with Gasteiger partial charge in [0.15, 0.2) is 0 Å². The van der Waals surface area contributed by atoms with Crippen LogP contribution < -0.4 is 5.32 Å². The molecule has 1 fully saturated rings. The molecule has 0 atom stereocenters. The van der Waals surface area contributed by atoms with E-state index in [0.717, 1.165) is 0 Å². The largest absolute Gasteiger partial charge is 0.356 e. The summed E-state index contributed by atoms with van der Waals surface area (Å²) in [5.41, 5.74) is 2.34. The number of nitrogens with zero attached hydrogens (tertiary/aromatic N) is 2. The number of carbonyl (C=O) groups is 2. The summed E-state index contributed by atoms with van der Waals surface area (Å²) in [5, 5.41) is 11.7. The van der Waals surface area contributed by atoms with Crippen molar-refractivity contribution in [3.05, 3.63) is 65.3 Å². The van der Waals surface area contributed by atoms with Crippen molar-refractivity contribution in [1.82, 2.24) is 20.4 Å². The first-order valence-electron chi connectivity index (χ1n) is 10.3. The summed E-state index contributed by atoms with van der Waals surface area (Å²) >= 11 is 1.71. The van der Waals surface area contributed by atoms with Crippen LogP contribution in [0, 0.1) is 5.41 Å². The molecule has 7 heteroatoms. The summed E-state index contributed by atoms with van der Waals surface area (Å²) in [4.78, 5) is 28.9. The molecule has 2 aromatic heterocycles. The highest BCUT2D eigenvalue weighted by molar-refractivity contribution is 7.13. The number of piperidine rings is 1. The topological polar surface area (TPSA) is 78.1 Å². The van der Waals surface area contributed by atoms with Crippen LogP contribution in [0.2, 0.25) is 0 Å². The second kappa shape index (κ2) is 8.83. The lowest BCUT2D eigenvalue weighted by Gasteiger charge is -2.41. The molecule has 30 heavy (non-hydrogen) atoms. The highest BCUT2D eigenvalue weighted by atomic mass is 32.1. The predicted molar refractivity (Wildman–Crippen MR) is 118 cm³/mol. The van der Waals surface area contributed by atoms with Crippen molar-refractivity contribution in [2.75, 3.05) is 19.6 Å². The molecule has 6 nitrogen and oxygen atoms in total. The van der Waals surface area contributed by atoms with Gasteiger partial charge >= 0.3 is 0 Å². The standard InChI is InChI=1S/C23H26N4O2S/c1-2-24-22(29)23(10-13-27(14-11-23)21(28)19-9-12-25-26-19)16-17-6-3-4-7-18(17)20-8-5-15-30-20/h3-9,12,15H,2,10-11,13-14,16H2,1H3,(H,24,29)(H,25,26). The number of carbonyl (C=O) groups excluding carboxylic acids is 2. The molecule has 0 unspecified atom stereocenters. The predicted octanol–water partition coefficient (Wildman–Crippen LogP) is 3.74. The van der Waals surface area contributed by atoms with Crippen LogP contribution in [-0.2, 0) is 11.2 Å². The Morgan fingerprint density at radius 1 is 1.17 bits per heavy atom. The maximum absolute atomic E-state index is 13.2. The van der Waals surface area contributed by atoms with Crippen LogP contribution in [0.1, 0.15) is 35.8 Å². The molecule has 0 spiro atoms. The van der Waals surface area contributed by atoms with Gasteiger partial charge in [0, 0.05) is 30.7 Å². The Balaban J connectivity index is 1.58. The summed E-state index contributed by atoms with van der Waals surface area (Å²) in [6.45, 7) is 3.65. The first-order chi connectivity index (χ1) is 14.6. The minimum atomic E-state index is -0.520. The molecular weight excluding hydrogens is 396 g/mol. The molecule has 156 valence electrons. The van der Waals surface area contributed by atoms with Gasteiger partial charge in [-0.25, -0.2) is 0 Å². The highest BCUT2D eigenvalue weighted by Gasteiger charge is 2.42. The van der Waals surface area contributed by atoms with E-state index in [9.17, 15) is 9.59 Å². The zero-order chi connectivity index (χ0) is 21.0. The molecular formula is C23H26N4O2S. The quantitative estimate of drug-likeness (QED) is 0.635. The van der Waals surface area contributed by atoms with Gasteiger partial charge < -0.3 is 10.2 Å². The molecule has 1 aliphatic heterocycles. The lowest BCUT2D eigenvalue weighted by molar-refractivity contribution is -0.133. The monoisotopic (exact) mass is 422 g/mol. The van der Waals surface area contributed by atoms with E-state index in [1.165, 1.54) is 16.0 Å². The zero-order valence-corrected chi connectivity index (χ0v) is 17.9. The number of nitrogens with one attached hydrogen (secondary N) is 2. The number of likely N-dealkylation sites (tertiary alicyclic amines) is 1. The smallest absolute Gasteiger partial charge is 0.271 e.